The van der Waals surface area contributed by atoms with E-state index < -0.39 is 10.0 Å². The predicted molar refractivity (Wildman–Crippen MR) is 73.5 cm³/mol. The lowest BCUT2D eigenvalue weighted by Gasteiger charge is -2.08. The molecule has 0 aliphatic heterocycles. The monoisotopic (exact) mass is 303 g/mol. The molecule has 18 heavy (non-hydrogen) atoms. The van der Waals surface area contributed by atoms with Crippen LogP contribution in [0.3, 0.4) is 0 Å². The summed E-state index contributed by atoms with van der Waals surface area (Å²) in [7, 11) is -3.66. The van der Waals surface area contributed by atoms with Crippen molar-refractivity contribution in [3.8, 4) is 0 Å². The number of hydrogen-bond donors (Lipinski definition) is 2. The molecule has 1 aromatic heterocycles. The van der Waals surface area contributed by atoms with Crippen LogP contribution in [0.5, 0.6) is 0 Å². The van der Waals surface area contributed by atoms with Gasteiger partial charge in [-0.2, -0.15) is 0 Å². The fraction of sp³-hybridized carbons (Fsp3) is 0.100. The van der Waals surface area contributed by atoms with Gasteiger partial charge < -0.3 is 5.73 Å². The van der Waals surface area contributed by atoms with E-state index in [1.807, 2.05) is 0 Å². The van der Waals surface area contributed by atoms with Gasteiger partial charge in [0.15, 0.2) is 4.21 Å². The molecule has 0 saturated carbocycles. The highest BCUT2D eigenvalue weighted by Gasteiger charge is 2.18. The zero-order chi connectivity index (χ0) is 13.3. The molecular weight excluding hydrogens is 294 g/mol. The van der Waals surface area contributed by atoms with Crippen molar-refractivity contribution in [1.82, 2.24) is 4.98 Å². The molecule has 2 aromatic rings. The van der Waals surface area contributed by atoms with Gasteiger partial charge in [0, 0.05) is 5.02 Å². The van der Waals surface area contributed by atoms with Gasteiger partial charge in [0.05, 0.1) is 22.6 Å². The minimum Gasteiger partial charge on any atom is -0.397 e. The summed E-state index contributed by atoms with van der Waals surface area (Å²) in [6.07, 6.45) is 1.31. The third-order valence-corrected chi connectivity index (χ3v) is 5.10. The molecule has 2 rings (SSSR count). The molecule has 0 spiro atoms. The summed E-state index contributed by atoms with van der Waals surface area (Å²) in [6, 6.07) is 4.59. The average molecular weight is 304 g/mol. The highest BCUT2D eigenvalue weighted by molar-refractivity contribution is 7.94. The molecule has 96 valence electrons. The van der Waals surface area contributed by atoms with E-state index in [-0.39, 0.29) is 9.90 Å². The number of aryl methyl sites for hydroxylation is 1. The maximum absolute atomic E-state index is 12.0. The predicted octanol–water partition coefficient (Wildman–Crippen LogP) is 2.49. The van der Waals surface area contributed by atoms with E-state index in [0.29, 0.717) is 15.7 Å². The lowest BCUT2D eigenvalue weighted by molar-refractivity contribution is 0.603. The summed E-state index contributed by atoms with van der Waals surface area (Å²) in [5, 5.41) is 1.08. The minimum atomic E-state index is -3.66. The highest BCUT2D eigenvalue weighted by atomic mass is 35.5. The molecule has 3 N–H and O–H groups in total. The molecule has 0 aliphatic carbocycles. The SMILES string of the molecule is Cc1ncc(S(=O)(=O)Nc2cc(Cl)ccc2N)s1. The average Bonchev–Trinajstić information content (AvgIpc) is 2.71. The van der Waals surface area contributed by atoms with E-state index in [4.69, 9.17) is 17.3 Å². The number of rotatable bonds is 3. The minimum absolute atomic E-state index is 0.138. The number of sulfonamides is 1. The van der Waals surface area contributed by atoms with Gasteiger partial charge in [-0.3, -0.25) is 4.72 Å². The van der Waals surface area contributed by atoms with Gasteiger partial charge >= 0.3 is 0 Å². The number of benzene rings is 1. The van der Waals surface area contributed by atoms with Crippen molar-refractivity contribution < 1.29 is 8.42 Å². The molecule has 0 amide bonds. The molecule has 0 saturated heterocycles. The Kier molecular flexibility index (Phi) is 3.47. The Morgan fingerprint density at radius 3 is 2.78 bits per heavy atom. The van der Waals surface area contributed by atoms with E-state index in [2.05, 4.69) is 9.71 Å². The Labute approximate surface area is 114 Å². The molecule has 0 unspecified atom stereocenters. The number of aromatic nitrogens is 1. The quantitative estimate of drug-likeness (QED) is 0.853. The van der Waals surface area contributed by atoms with E-state index in [0.717, 1.165) is 11.3 Å². The topological polar surface area (TPSA) is 85.1 Å². The summed E-state index contributed by atoms with van der Waals surface area (Å²) < 4.78 is 26.6. The van der Waals surface area contributed by atoms with Crippen LogP contribution in [0, 0.1) is 6.92 Å². The van der Waals surface area contributed by atoms with E-state index in [9.17, 15) is 8.42 Å². The Balaban J connectivity index is 2.36. The van der Waals surface area contributed by atoms with Crippen LogP contribution >= 0.6 is 22.9 Å². The fourth-order valence-corrected chi connectivity index (χ4v) is 3.64. The maximum Gasteiger partial charge on any atom is 0.273 e. The lowest BCUT2D eigenvalue weighted by Crippen LogP contribution is -2.12. The molecule has 0 aliphatic rings. The number of nitrogen functional groups attached to an aromatic ring is 1. The van der Waals surface area contributed by atoms with Crippen LogP contribution in [0.1, 0.15) is 5.01 Å². The van der Waals surface area contributed by atoms with Crippen LogP contribution in [0.2, 0.25) is 5.02 Å². The number of nitrogens with one attached hydrogen (secondary N) is 1. The van der Waals surface area contributed by atoms with E-state index in [1.165, 1.54) is 18.3 Å². The molecule has 1 aromatic carbocycles. The van der Waals surface area contributed by atoms with Crippen molar-refractivity contribution in [3.05, 3.63) is 34.4 Å². The molecule has 8 heteroatoms. The van der Waals surface area contributed by atoms with Gasteiger partial charge in [-0.15, -0.1) is 11.3 Å². The number of nitrogens with zero attached hydrogens (tertiary/aromatic N) is 1. The molecule has 0 radical (unpaired) electrons. The largest absolute Gasteiger partial charge is 0.397 e. The zero-order valence-corrected chi connectivity index (χ0v) is 11.7. The van der Waals surface area contributed by atoms with Crippen LogP contribution in [0.15, 0.2) is 28.6 Å². The van der Waals surface area contributed by atoms with Gasteiger partial charge in [0.1, 0.15) is 0 Å². The van der Waals surface area contributed by atoms with Crippen LogP contribution in [0.4, 0.5) is 11.4 Å². The summed E-state index contributed by atoms with van der Waals surface area (Å²) in [5.74, 6) is 0. The third-order valence-electron chi connectivity index (χ3n) is 2.12. The summed E-state index contributed by atoms with van der Waals surface area (Å²) >= 11 is 6.88. The molecule has 0 bridgehead atoms. The third kappa shape index (κ3) is 2.74. The first kappa shape index (κ1) is 13.1. The number of halogens is 1. The van der Waals surface area contributed by atoms with Crippen LogP contribution in [-0.4, -0.2) is 13.4 Å². The van der Waals surface area contributed by atoms with Gasteiger partial charge in [-0.25, -0.2) is 13.4 Å². The Bertz CT molecular complexity index is 682. The van der Waals surface area contributed by atoms with Crippen molar-refractivity contribution in [2.24, 2.45) is 0 Å². The summed E-state index contributed by atoms with van der Waals surface area (Å²) in [5.41, 5.74) is 6.25. The Hall–Kier alpha value is -1.31. The van der Waals surface area contributed by atoms with Crippen molar-refractivity contribution in [2.75, 3.05) is 10.5 Å². The fourth-order valence-electron chi connectivity index (χ4n) is 1.28. The second kappa shape index (κ2) is 4.75. The van der Waals surface area contributed by atoms with Gasteiger partial charge in [-0.05, 0) is 25.1 Å². The van der Waals surface area contributed by atoms with E-state index >= 15 is 0 Å². The number of nitrogens with two attached hydrogens (primary N) is 1. The van der Waals surface area contributed by atoms with Crippen LogP contribution < -0.4 is 10.5 Å². The van der Waals surface area contributed by atoms with Crippen molar-refractivity contribution >= 4 is 44.3 Å². The Morgan fingerprint density at radius 2 is 2.17 bits per heavy atom. The first-order valence-electron chi connectivity index (χ1n) is 4.89. The number of hydrogen-bond acceptors (Lipinski definition) is 5. The smallest absolute Gasteiger partial charge is 0.273 e. The van der Waals surface area contributed by atoms with Gasteiger partial charge in [0.2, 0.25) is 0 Å². The van der Waals surface area contributed by atoms with Gasteiger partial charge in [-0.1, -0.05) is 11.6 Å². The maximum atomic E-state index is 12.0. The van der Waals surface area contributed by atoms with Crippen molar-refractivity contribution in [1.29, 1.82) is 0 Å². The second-order valence-corrected chi connectivity index (χ2v) is 7.12. The number of thiazole rings is 1. The van der Waals surface area contributed by atoms with Crippen molar-refractivity contribution in [3.63, 3.8) is 0 Å². The van der Waals surface area contributed by atoms with Gasteiger partial charge in [0.25, 0.3) is 10.0 Å². The zero-order valence-electron chi connectivity index (χ0n) is 9.34. The van der Waals surface area contributed by atoms with E-state index in [1.54, 1.807) is 13.0 Å². The first-order chi connectivity index (χ1) is 8.38. The van der Waals surface area contributed by atoms with Crippen LogP contribution in [-0.2, 0) is 10.0 Å². The molecular formula is C10H10ClN3O2S2. The first-order valence-corrected chi connectivity index (χ1v) is 7.56. The normalized spacial score (nSPS) is 11.4. The summed E-state index contributed by atoms with van der Waals surface area (Å²) in [4.78, 5) is 3.91. The Morgan fingerprint density at radius 1 is 1.44 bits per heavy atom. The second-order valence-electron chi connectivity index (χ2n) is 3.54. The van der Waals surface area contributed by atoms with Crippen molar-refractivity contribution in [2.45, 2.75) is 11.1 Å². The molecule has 0 atom stereocenters. The van der Waals surface area contributed by atoms with Crippen LogP contribution in [0.25, 0.3) is 0 Å². The standard InChI is InChI=1S/C10H10ClN3O2S2/c1-6-13-5-10(17-6)18(15,16)14-9-4-7(11)2-3-8(9)12/h2-5,14H,12H2,1H3. The highest BCUT2D eigenvalue weighted by Crippen LogP contribution is 2.27. The lowest BCUT2D eigenvalue weighted by atomic mass is 10.3. The molecule has 0 fully saturated rings. The summed E-state index contributed by atoms with van der Waals surface area (Å²) in [6.45, 7) is 1.73. The number of anilines is 2. The molecule has 5 nitrogen and oxygen atoms in total. The molecule has 1 heterocycles.